The van der Waals surface area contributed by atoms with Crippen LogP contribution in [0.15, 0.2) is 29.1 Å². The summed E-state index contributed by atoms with van der Waals surface area (Å²) >= 11 is 0. The molecular weight excluding hydrogens is 208 g/mol. The van der Waals surface area contributed by atoms with E-state index < -0.39 is 0 Å². The Morgan fingerprint density at radius 1 is 1.38 bits per heavy atom. The smallest absolute Gasteiger partial charge is 0.184 e. The Balaban J connectivity index is 2.08. The number of furan rings is 1. The van der Waals surface area contributed by atoms with E-state index in [-0.39, 0.29) is 0 Å². The van der Waals surface area contributed by atoms with Crippen LogP contribution in [0.25, 0.3) is 11.2 Å². The fourth-order valence-corrected chi connectivity index (χ4v) is 1.47. The topological polar surface area (TPSA) is 95.6 Å². The van der Waals surface area contributed by atoms with Crippen LogP contribution in [0.3, 0.4) is 0 Å². The lowest BCUT2D eigenvalue weighted by Crippen LogP contribution is -2.02. The molecule has 3 aromatic heterocycles. The molecular formula is C9H8N6O. The van der Waals surface area contributed by atoms with Crippen molar-refractivity contribution in [2.45, 2.75) is 6.54 Å². The SMILES string of the molecule is Nc1ncnc2c1nnn2Cc1ccco1. The molecule has 7 nitrogen and oxygen atoms in total. The minimum Gasteiger partial charge on any atom is -0.467 e. The number of nitrogen functional groups attached to an aromatic ring is 1. The van der Waals surface area contributed by atoms with Gasteiger partial charge in [-0.25, -0.2) is 14.6 Å². The Bertz CT molecular complexity index is 614. The summed E-state index contributed by atoms with van der Waals surface area (Å²) in [6.45, 7) is 0.472. The summed E-state index contributed by atoms with van der Waals surface area (Å²) in [5.41, 5.74) is 6.76. The predicted octanol–water partition coefficient (Wildman–Crippen LogP) is 0.445. The van der Waals surface area contributed by atoms with Crippen molar-refractivity contribution >= 4 is 17.0 Å². The standard InChI is InChI=1S/C9H8N6O/c10-8-7-9(12-5-11-8)15(14-13-7)4-6-2-1-3-16-6/h1-3,5H,4H2,(H2,10,11,12). The predicted molar refractivity (Wildman–Crippen MR) is 55.3 cm³/mol. The largest absolute Gasteiger partial charge is 0.467 e. The van der Waals surface area contributed by atoms with Crippen LogP contribution in [-0.4, -0.2) is 25.0 Å². The van der Waals surface area contributed by atoms with Gasteiger partial charge in [-0.1, -0.05) is 5.21 Å². The number of aromatic nitrogens is 5. The molecule has 0 aliphatic rings. The highest BCUT2D eigenvalue weighted by atomic mass is 16.3. The normalized spacial score (nSPS) is 11.0. The Morgan fingerprint density at radius 3 is 3.12 bits per heavy atom. The van der Waals surface area contributed by atoms with Crippen LogP contribution >= 0.6 is 0 Å². The molecule has 0 amide bonds. The molecule has 0 aliphatic carbocycles. The number of anilines is 1. The first-order chi connectivity index (χ1) is 7.84. The lowest BCUT2D eigenvalue weighted by molar-refractivity contribution is 0.479. The molecule has 0 spiro atoms. The Hall–Kier alpha value is -2.44. The van der Waals surface area contributed by atoms with Gasteiger partial charge in [-0.3, -0.25) is 0 Å². The van der Waals surface area contributed by atoms with Gasteiger partial charge in [0.15, 0.2) is 17.0 Å². The number of fused-ring (bicyclic) bond motifs is 1. The van der Waals surface area contributed by atoms with E-state index >= 15 is 0 Å². The summed E-state index contributed by atoms with van der Waals surface area (Å²) in [7, 11) is 0. The fraction of sp³-hybridized carbons (Fsp3) is 0.111. The third-order valence-electron chi connectivity index (χ3n) is 2.21. The molecule has 0 saturated heterocycles. The number of rotatable bonds is 2. The van der Waals surface area contributed by atoms with Crippen LogP contribution in [0.4, 0.5) is 5.82 Å². The minimum atomic E-state index is 0.329. The molecule has 7 heteroatoms. The zero-order chi connectivity index (χ0) is 11.0. The van der Waals surface area contributed by atoms with Crippen molar-refractivity contribution in [3.05, 3.63) is 30.5 Å². The van der Waals surface area contributed by atoms with E-state index in [1.54, 1.807) is 10.9 Å². The molecule has 3 heterocycles. The zero-order valence-corrected chi connectivity index (χ0v) is 8.24. The third kappa shape index (κ3) is 1.29. The second-order valence-corrected chi connectivity index (χ2v) is 3.26. The van der Waals surface area contributed by atoms with Crippen LogP contribution in [0.5, 0.6) is 0 Å². The summed E-state index contributed by atoms with van der Waals surface area (Å²) in [5.74, 6) is 1.11. The zero-order valence-electron chi connectivity index (χ0n) is 8.24. The van der Waals surface area contributed by atoms with Crippen molar-refractivity contribution in [2.75, 3.05) is 5.73 Å². The molecule has 3 aromatic rings. The summed E-state index contributed by atoms with van der Waals surface area (Å²) in [6, 6.07) is 3.68. The van der Waals surface area contributed by atoms with Gasteiger partial charge in [0.1, 0.15) is 18.6 Å². The van der Waals surface area contributed by atoms with Crippen molar-refractivity contribution in [3.8, 4) is 0 Å². The van der Waals surface area contributed by atoms with Gasteiger partial charge >= 0.3 is 0 Å². The summed E-state index contributed by atoms with van der Waals surface area (Å²) in [5, 5.41) is 7.88. The highest BCUT2D eigenvalue weighted by Crippen LogP contribution is 2.13. The van der Waals surface area contributed by atoms with E-state index in [0.29, 0.717) is 23.5 Å². The molecule has 0 radical (unpaired) electrons. The van der Waals surface area contributed by atoms with Crippen LogP contribution in [0, 0.1) is 0 Å². The van der Waals surface area contributed by atoms with Crippen molar-refractivity contribution in [1.82, 2.24) is 25.0 Å². The number of hydrogen-bond acceptors (Lipinski definition) is 6. The van der Waals surface area contributed by atoms with Crippen molar-refractivity contribution in [3.63, 3.8) is 0 Å². The highest BCUT2D eigenvalue weighted by Gasteiger charge is 2.10. The number of hydrogen-bond donors (Lipinski definition) is 1. The second kappa shape index (κ2) is 3.30. The molecule has 80 valence electrons. The first-order valence-corrected chi connectivity index (χ1v) is 4.66. The van der Waals surface area contributed by atoms with Gasteiger partial charge in [-0.15, -0.1) is 5.10 Å². The lowest BCUT2D eigenvalue weighted by Gasteiger charge is -1.97. The maximum absolute atomic E-state index is 5.65. The maximum atomic E-state index is 5.65. The molecule has 0 aromatic carbocycles. The fourth-order valence-electron chi connectivity index (χ4n) is 1.47. The van der Waals surface area contributed by atoms with Gasteiger partial charge in [0.25, 0.3) is 0 Å². The van der Waals surface area contributed by atoms with Crippen molar-refractivity contribution < 1.29 is 4.42 Å². The molecule has 0 aliphatic heterocycles. The van der Waals surface area contributed by atoms with E-state index in [2.05, 4.69) is 20.3 Å². The molecule has 2 N–H and O–H groups in total. The first-order valence-electron chi connectivity index (χ1n) is 4.66. The van der Waals surface area contributed by atoms with Crippen LogP contribution in [0.2, 0.25) is 0 Å². The Kier molecular flexibility index (Phi) is 1.82. The number of nitrogens with two attached hydrogens (primary N) is 1. The second-order valence-electron chi connectivity index (χ2n) is 3.26. The van der Waals surface area contributed by atoms with E-state index in [4.69, 9.17) is 10.2 Å². The highest BCUT2D eigenvalue weighted by molar-refractivity contribution is 5.80. The molecule has 16 heavy (non-hydrogen) atoms. The third-order valence-corrected chi connectivity index (χ3v) is 2.21. The molecule has 0 saturated carbocycles. The van der Waals surface area contributed by atoms with Crippen LogP contribution in [-0.2, 0) is 6.54 Å². The van der Waals surface area contributed by atoms with Gasteiger partial charge < -0.3 is 10.2 Å². The molecule has 0 atom stereocenters. The van der Waals surface area contributed by atoms with Gasteiger partial charge in [0.2, 0.25) is 0 Å². The summed E-state index contributed by atoms with van der Waals surface area (Å²) in [4.78, 5) is 7.93. The van der Waals surface area contributed by atoms with Crippen molar-refractivity contribution in [2.24, 2.45) is 0 Å². The van der Waals surface area contributed by atoms with Gasteiger partial charge in [0, 0.05) is 0 Å². The van der Waals surface area contributed by atoms with E-state index in [9.17, 15) is 0 Å². The quantitative estimate of drug-likeness (QED) is 0.667. The average Bonchev–Trinajstić information content (AvgIpc) is 2.90. The summed E-state index contributed by atoms with van der Waals surface area (Å²) < 4.78 is 6.84. The minimum absolute atomic E-state index is 0.329. The maximum Gasteiger partial charge on any atom is 0.184 e. The van der Waals surface area contributed by atoms with Crippen LogP contribution in [0.1, 0.15) is 5.76 Å². The summed E-state index contributed by atoms with van der Waals surface area (Å²) in [6.07, 6.45) is 3.00. The first kappa shape index (κ1) is 8.84. The monoisotopic (exact) mass is 216 g/mol. The average molecular weight is 216 g/mol. The van der Waals surface area contributed by atoms with Gasteiger partial charge in [-0.05, 0) is 12.1 Å². The number of nitrogens with zero attached hydrogens (tertiary/aromatic N) is 5. The van der Waals surface area contributed by atoms with E-state index in [1.165, 1.54) is 6.33 Å². The van der Waals surface area contributed by atoms with Gasteiger partial charge in [0.05, 0.1) is 6.26 Å². The van der Waals surface area contributed by atoms with Gasteiger partial charge in [-0.2, -0.15) is 0 Å². The lowest BCUT2D eigenvalue weighted by atomic mass is 10.4. The van der Waals surface area contributed by atoms with E-state index in [0.717, 1.165) is 5.76 Å². The molecule has 0 bridgehead atoms. The Labute approximate surface area is 89.9 Å². The Morgan fingerprint density at radius 2 is 2.31 bits per heavy atom. The van der Waals surface area contributed by atoms with E-state index in [1.807, 2.05) is 12.1 Å². The molecule has 3 rings (SSSR count). The van der Waals surface area contributed by atoms with Crippen LogP contribution < -0.4 is 5.73 Å². The molecule has 0 unspecified atom stereocenters. The molecule has 0 fully saturated rings. The van der Waals surface area contributed by atoms with Crippen molar-refractivity contribution in [1.29, 1.82) is 0 Å².